The van der Waals surface area contributed by atoms with E-state index in [2.05, 4.69) is 24.8 Å². The van der Waals surface area contributed by atoms with Crippen LogP contribution in [0.5, 0.6) is 0 Å². The van der Waals surface area contributed by atoms with Gasteiger partial charge in [-0.15, -0.1) is 11.3 Å². The largest absolute Gasteiger partial charge is 0.377 e. The molecular formula is C14H24N2OS. The summed E-state index contributed by atoms with van der Waals surface area (Å²) in [6.45, 7) is 9.07. The maximum Gasteiger partial charge on any atom is 0.0702 e. The summed E-state index contributed by atoms with van der Waals surface area (Å²) >= 11 is 1.83. The van der Waals surface area contributed by atoms with E-state index in [1.54, 1.807) is 0 Å². The highest BCUT2D eigenvalue weighted by atomic mass is 32.1. The third-order valence-corrected chi connectivity index (χ3v) is 4.65. The van der Waals surface area contributed by atoms with Crippen LogP contribution in [0.1, 0.15) is 35.1 Å². The predicted molar refractivity (Wildman–Crippen MR) is 76.9 cm³/mol. The standard InChI is InChI=1S/C14H24N2OS/c1-3-17-13-5-4-6-16(10-13)9-12-7-14(8-15)18-11(12)2/h7,13H,3-6,8-10,15H2,1-2H3. The lowest BCUT2D eigenvalue weighted by atomic mass is 10.1. The zero-order valence-corrected chi connectivity index (χ0v) is 12.3. The van der Waals surface area contributed by atoms with Gasteiger partial charge in [-0.25, -0.2) is 0 Å². The van der Waals surface area contributed by atoms with Crippen molar-refractivity contribution >= 4 is 11.3 Å². The molecule has 2 rings (SSSR count). The number of piperidine rings is 1. The highest BCUT2D eigenvalue weighted by Gasteiger charge is 2.20. The Bertz CT molecular complexity index is 376. The highest BCUT2D eigenvalue weighted by molar-refractivity contribution is 7.12. The summed E-state index contributed by atoms with van der Waals surface area (Å²) in [7, 11) is 0. The first-order valence-electron chi connectivity index (χ1n) is 6.85. The van der Waals surface area contributed by atoms with Gasteiger partial charge in [0.05, 0.1) is 6.10 Å². The van der Waals surface area contributed by atoms with Crippen molar-refractivity contribution in [1.82, 2.24) is 4.90 Å². The molecule has 0 spiro atoms. The molecule has 0 aliphatic carbocycles. The number of thiophene rings is 1. The highest BCUT2D eigenvalue weighted by Crippen LogP contribution is 2.24. The lowest BCUT2D eigenvalue weighted by Crippen LogP contribution is -2.39. The fraction of sp³-hybridized carbons (Fsp3) is 0.714. The van der Waals surface area contributed by atoms with Crippen LogP contribution in [0.15, 0.2) is 6.07 Å². The Balaban J connectivity index is 1.93. The molecule has 1 aliphatic rings. The van der Waals surface area contributed by atoms with Crippen LogP contribution < -0.4 is 5.73 Å². The summed E-state index contributed by atoms with van der Waals surface area (Å²) < 4.78 is 5.75. The molecule has 18 heavy (non-hydrogen) atoms. The molecule has 0 saturated carbocycles. The molecule has 2 N–H and O–H groups in total. The summed E-state index contributed by atoms with van der Waals surface area (Å²) in [5, 5.41) is 0. The van der Waals surface area contributed by atoms with E-state index in [1.165, 1.54) is 34.7 Å². The molecule has 1 saturated heterocycles. The molecule has 102 valence electrons. The Kier molecular flexibility index (Phi) is 5.18. The third kappa shape index (κ3) is 3.54. The number of aryl methyl sites for hydroxylation is 1. The maximum absolute atomic E-state index is 5.75. The van der Waals surface area contributed by atoms with Crippen LogP contribution in [0.25, 0.3) is 0 Å². The van der Waals surface area contributed by atoms with E-state index in [1.807, 2.05) is 11.3 Å². The Morgan fingerprint density at radius 3 is 3.06 bits per heavy atom. The van der Waals surface area contributed by atoms with E-state index in [0.29, 0.717) is 12.6 Å². The van der Waals surface area contributed by atoms with Crippen LogP contribution in [0.2, 0.25) is 0 Å². The van der Waals surface area contributed by atoms with Crippen molar-refractivity contribution in [2.75, 3.05) is 19.7 Å². The first-order chi connectivity index (χ1) is 8.72. The molecule has 1 fully saturated rings. The van der Waals surface area contributed by atoms with Crippen molar-refractivity contribution in [2.24, 2.45) is 5.73 Å². The molecule has 1 aliphatic heterocycles. The molecule has 2 heterocycles. The van der Waals surface area contributed by atoms with Crippen LogP contribution in [0.4, 0.5) is 0 Å². The molecule has 1 aromatic rings. The molecule has 3 nitrogen and oxygen atoms in total. The second kappa shape index (κ2) is 6.66. The number of ether oxygens (including phenoxy) is 1. The van der Waals surface area contributed by atoms with E-state index in [0.717, 1.165) is 19.7 Å². The number of likely N-dealkylation sites (tertiary alicyclic amines) is 1. The Morgan fingerprint density at radius 2 is 2.39 bits per heavy atom. The molecule has 0 amide bonds. The normalized spacial score (nSPS) is 21.4. The van der Waals surface area contributed by atoms with Gasteiger partial charge in [0.2, 0.25) is 0 Å². The Labute approximate surface area is 114 Å². The van der Waals surface area contributed by atoms with Crippen LogP contribution in [0, 0.1) is 6.92 Å². The van der Waals surface area contributed by atoms with Gasteiger partial charge in [0.15, 0.2) is 0 Å². The number of hydrogen-bond acceptors (Lipinski definition) is 4. The zero-order valence-electron chi connectivity index (χ0n) is 11.4. The average Bonchev–Trinajstić information content (AvgIpc) is 2.71. The smallest absolute Gasteiger partial charge is 0.0702 e. The van der Waals surface area contributed by atoms with Crippen molar-refractivity contribution in [2.45, 2.75) is 45.9 Å². The van der Waals surface area contributed by atoms with Gasteiger partial charge in [-0.2, -0.15) is 0 Å². The minimum absolute atomic E-state index is 0.427. The summed E-state index contributed by atoms with van der Waals surface area (Å²) in [6.07, 6.45) is 2.88. The molecule has 4 heteroatoms. The fourth-order valence-electron chi connectivity index (χ4n) is 2.61. The van der Waals surface area contributed by atoms with Crippen LogP contribution in [0.3, 0.4) is 0 Å². The topological polar surface area (TPSA) is 38.5 Å². The molecule has 1 atom stereocenters. The van der Waals surface area contributed by atoms with E-state index in [-0.39, 0.29) is 0 Å². The van der Waals surface area contributed by atoms with Crippen molar-refractivity contribution in [3.05, 3.63) is 21.4 Å². The quantitative estimate of drug-likeness (QED) is 0.892. The van der Waals surface area contributed by atoms with Gasteiger partial charge < -0.3 is 10.5 Å². The SMILES string of the molecule is CCOC1CCCN(Cc2cc(CN)sc2C)C1. The second-order valence-electron chi connectivity index (χ2n) is 4.95. The zero-order chi connectivity index (χ0) is 13.0. The first kappa shape index (κ1) is 14.0. The van der Waals surface area contributed by atoms with E-state index >= 15 is 0 Å². The minimum atomic E-state index is 0.427. The Morgan fingerprint density at radius 1 is 1.56 bits per heavy atom. The molecular weight excluding hydrogens is 244 g/mol. The van der Waals surface area contributed by atoms with Gasteiger partial charge in [0.25, 0.3) is 0 Å². The number of rotatable bonds is 5. The maximum atomic E-state index is 5.75. The van der Waals surface area contributed by atoms with Crippen molar-refractivity contribution in [1.29, 1.82) is 0 Å². The van der Waals surface area contributed by atoms with Gasteiger partial charge in [-0.1, -0.05) is 0 Å². The van der Waals surface area contributed by atoms with Gasteiger partial charge >= 0.3 is 0 Å². The van der Waals surface area contributed by atoms with E-state index in [9.17, 15) is 0 Å². The number of nitrogens with two attached hydrogens (primary N) is 1. The molecule has 1 aromatic heterocycles. The van der Waals surface area contributed by atoms with Gasteiger partial charge in [-0.3, -0.25) is 4.90 Å². The van der Waals surface area contributed by atoms with Crippen molar-refractivity contribution < 1.29 is 4.74 Å². The van der Waals surface area contributed by atoms with Crippen molar-refractivity contribution in [3.63, 3.8) is 0 Å². The Hall–Kier alpha value is -0.420. The number of nitrogens with zero attached hydrogens (tertiary/aromatic N) is 1. The van der Waals surface area contributed by atoms with Crippen LogP contribution in [-0.4, -0.2) is 30.7 Å². The lowest BCUT2D eigenvalue weighted by Gasteiger charge is -2.32. The monoisotopic (exact) mass is 268 g/mol. The van der Waals surface area contributed by atoms with E-state index in [4.69, 9.17) is 10.5 Å². The fourth-order valence-corrected chi connectivity index (χ4v) is 3.55. The molecule has 1 unspecified atom stereocenters. The molecule has 0 aromatic carbocycles. The van der Waals surface area contributed by atoms with Gasteiger partial charge in [-0.05, 0) is 44.9 Å². The summed E-state index contributed by atoms with van der Waals surface area (Å²) in [5.74, 6) is 0. The number of hydrogen-bond donors (Lipinski definition) is 1. The van der Waals surface area contributed by atoms with Crippen LogP contribution in [-0.2, 0) is 17.8 Å². The predicted octanol–water partition coefficient (Wildman–Crippen LogP) is 2.52. The van der Waals surface area contributed by atoms with Crippen LogP contribution >= 0.6 is 11.3 Å². The minimum Gasteiger partial charge on any atom is -0.377 e. The average molecular weight is 268 g/mol. The summed E-state index contributed by atoms with van der Waals surface area (Å²) in [4.78, 5) is 5.22. The molecule has 0 radical (unpaired) electrons. The first-order valence-corrected chi connectivity index (χ1v) is 7.66. The summed E-state index contributed by atoms with van der Waals surface area (Å²) in [6, 6.07) is 2.27. The van der Waals surface area contributed by atoms with Crippen molar-refractivity contribution in [3.8, 4) is 0 Å². The molecule has 0 bridgehead atoms. The lowest BCUT2D eigenvalue weighted by molar-refractivity contribution is 0.00362. The second-order valence-corrected chi connectivity index (χ2v) is 6.29. The van der Waals surface area contributed by atoms with E-state index < -0.39 is 0 Å². The van der Waals surface area contributed by atoms with Gasteiger partial charge in [0, 0.05) is 36.0 Å². The summed E-state index contributed by atoms with van der Waals surface area (Å²) in [5.41, 5.74) is 7.15. The van der Waals surface area contributed by atoms with Gasteiger partial charge in [0.1, 0.15) is 0 Å². The third-order valence-electron chi connectivity index (χ3n) is 3.53.